The van der Waals surface area contributed by atoms with Crippen LogP contribution in [0.4, 0.5) is 0 Å². The maximum Gasteiger partial charge on any atom is 0.131 e. The summed E-state index contributed by atoms with van der Waals surface area (Å²) in [6, 6.07) is 8.21. The molecule has 2 aliphatic rings. The first kappa shape index (κ1) is 13.3. The van der Waals surface area contributed by atoms with Gasteiger partial charge in [0.2, 0.25) is 0 Å². The topological polar surface area (TPSA) is 24.4 Å². The Bertz CT molecular complexity index is 528. The highest BCUT2D eigenvalue weighted by molar-refractivity contribution is 9.10. The van der Waals surface area contributed by atoms with E-state index in [1.165, 1.54) is 12.8 Å². The molecule has 1 heterocycles. The van der Waals surface area contributed by atoms with Crippen LogP contribution >= 0.6 is 28.1 Å². The first-order valence-corrected chi connectivity index (χ1v) is 7.96. The Hall–Kier alpha value is -0.740. The summed E-state index contributed by atoms with van der Waals surface area (Å²) < 4.78 is 1.08. The lowest BCUT2D eigenvalue weighted by Gasteiger charge is -2.33. The first-order valence-electron chi connectivity index (χ1n) is 6.76. The number of aliphatic imine (C=N–C) groups is 1. The van der Waals surface area contributed by atoms with Crippen molar-refractivity contribution in [3.05, 3.63) is 34.3 Å². The Balaban J connectivity index is 1.89. The van der Waals surface area contributed by atoms with Crippen LogP contribution in [0.1, 0.15) is 38.2 Å². The number of thiocarbonyl (C=S) groups is 1. The predicted octanol–water partition coefficient (Wildman–Crippen LogP) is 4.08. The molecule has 1 aromatic rings. The number of nitrogens with zero attached hydrogens (tertiary/aromatic N) is 1. The molecule has 0 aromatic heterocycles. The average molecular weight is 337 g/mol. The van der Waals surface area contributed by atoms with Crippen molar-refractivity contribution >= 4 is 38.8 Å². The average Bonchev–Trinajstić information content (AvgIpc) is 2.72. The number of hydrogen-bond acceptors (Lipinski definition) is 2. The normalized spacial score (nSPS) is 30.3. The van der Waals surface area contributed by atoms with Crippen LogP contribution in [0.15, 0.2) is 33.7 Å². The molecule has 0 saturated heterocycles. The highest BCUT2D eigenvalue weighted by Gasteiger charge is 2.39. The monoisotopic (exact) mass is 336 g/mol. The van der Waals surface area contributed by atoms with Gasteiger partial charge in [-0.3, -0.25) is 4.99 Å². The van der Waals surface area contributed by atoms with E-state index < -0.39 is 0 Å². The molecule has 0 bridgehead atoms. The number of halogens is 1. The Labute approximate surface area is 127 Å². The third kappa shape index (κ3) is 2.61. The summed E-state index contributed by atoms with van der Waals surface area (Å²) in [7, 11) is 0. The van der Waals surface area contributed by atoms with E-state index in [9.17, 15) is 0 Å². The molecule has 19 heavy (non-hydrogen) atoms. The van der Waals surface area contributed by atoms with E-state index in [0.717, 1.165) is 39.5 Å². The minimum Gasteiger partial charge on any atom is -0.351 e. The highest BCUT2D eigenvalue weighted by Crippen LogP contribution is 2.36. The molecule has 4 heteroatoms. The molecule has 1 aliphatic carbocycles. The van der Waals surface area contributed by atoms with Crippen LogP contribution in [0.25, 0.3) is 0 Å². The Morgan fingerprint density at radius 1 is 1.26 bits per heavy atom. The maximum absolute atomic E-state index is 5.48. The molecule has 1 aliphatic heterocycles. The zero-order valence-corrected chi connectivity index (χ0v) is 13.4. The van der Waals surface area contributed by atoms with E-state index in [-0.39, 0.29) is 5.66 Å². The zero-order chi connectivity index (χ0) is 13.5. The summed E-state index contributed by atoms with van der Waals surface area (Å²) in [6.45, 7) is 2.32. The molecule has 0 radical (unpaired) electrons. The predicted molar refractivity (Wildman–Crippen MR) is 86.8 cm³/mol. The molecule has 1 N–H and O–H groups in total. The first-order chi connectivity index (χ1) is 9.08. The summed E-state index contributed by atoms with van der Waals surface area (Å²) >= 11 is 8.94. The van der Waals surface area contributed by atoms with Crippen molar-refractivity contribution < 1.29 is 0 Å². The molecule has 0 unspecified atom stereocenters. The van der Waals surface area contributed by atoms with Gasteiger partial charge >= 0.3 is 0 Å². The number of rotatable bonds is 1. The fourth-order valence-electron chi connectivity index (χ4n) is 2.84. The molecular weight excluding hydrogens is 320 g/mol. The van der Waals surface area contributed by atoms with Gasteiger partial charge in [0.25, 0.3) is 0 Å². The minimum absolute atomic E-state index is 0.119. The molecule has 0 amide bonds. The number of nitrogens with one attached hydrogen (secondary N) is 1. The lowest BCUT2D eigenvalue weighted by Crippen LogP contribution is -2.44. The SMILES string of the molecule is CC1CCC2(CC1)N=C(c1ccc(Br)cc1)C(=S)N2. The Morgan fingerprint density at radius 3 is 2.53 bits per heavy atom. The molecule has 1 spiro atoms. The molecule has 0 atom stereocenters. The second-order valence-corrected chi connectivity index (χ2v) is 6.96. The van der Waals surface area contributed by atoms with Gasteiger partial charge in [-0.1, -0.05) is 47.2 Å². The zero-order valence-electron chi connectivity index (χ0n) is 10.9. The fourth-order valence-corrected chi connectivity index (χ4v) is 3.46. The van der Waals surface area contributed by atoms with E-state index in [1.807, 2.05) is 12.1 Å². The van der Waals surface area contributed by atoms with E-state index >= 15 is 0 Å². The fraction of sp³-hybridized carbons (Fsp3) is 0.467. The van der Waals surface area contributed by atoms with E-state index in [4.69, 9.17) is 17.2 Å². The van der Waals surface area contributed by atoms with Crippen molar-refractivity contribution in [2.75, 3.05) is 0 Å². The lowest BCUT2D eigenvalue weighted by atomic mass is 9.83. The van der Waals surface area contributed by atoms with Gasteiger partial charge in [0.05, 0.1) is 0 Å². The van der Waals surface area contributed by atoms with E-state index in [2.05, 4.69) is 40.3 Å². The van der Waals surface area contributed by atoms with E-state index in [0.29, 0.717) is 0 Å². The van der Waals surface area contributed by atoms with Crippen LogP contribution in [-0.4, -0.2) is 16.4 Å². The molecule has 3 rings (SSSR count). The molecule has 1 aromatic carbocycles. The van der Waals surface area contributed by atoms with Crippen LogP contribution < -0.4 is 5.32 Å². The third-order valence-corrected chi connectivity index (χ3v) is 4.93. The molecular formula is C15H17BrN2S. The summed E-state index contributed by atoms with van der Waals surface area (Å²) in [5.41, 5.74) is 1.94. The van der Waals surface area contributed by atoms with Crippen molar-refractivity contribution in [2.45, 2.75) is 38.3 Å². The Morgan fingerprint density at radius 2 is 1.89 bits per heavy atom. The molecule has 2 nitrogen and oxygen atoms in total. The van der Waals surface area contributed by atoms with Crippen LogP contribution in [0.2, 0.25) is 0 Å². The smallest absolute Gasteiger partial charge is 0.131 e. The maximum atomic E-state index is 5.48. The summed E-state index contributed by atoms with van der Waals surface area (Å²) in [6.07, 6.45) is 4.64. The van der Waals surface area contributed by atoms with Gasteiger partial charge in [-0.25, -0.2) is 0 Å². The van der Waals surface area contributed by atoms with Gasteiger partial charge in [-0.2, -0.15) is 0 Å². The third-order valence-electron chi connectivity index (χ3n) is 4.11. The standard InChI is InChI=1S/C15H17BrN2S/c1-10-6-8-15(9-7-10)17-13(14(19)18-15)11-2-4-12(16)5-3-11/h2-5,10H,6-9H2,1H3,(H,18,19). The number of hydrogen-bond donors (Lipinski definition) is 1. The summed E-state index contributed by atoms with van der Waals surface area (Å²) in [4.78, 5) is 5.75. The number of benzene rings is 1. The van der Waals surface area contributed by atoms with Crippen molar-refractivity contribution in [1.29, 1.82) is 0 Å². The Kier molecular flexibility index (Phi) is 3.48. The van der Waals surface area contributed by atoms with Crippen molar-refractivity contribution in [1.82, 2.24) is 5.32 Å². The van der Waals surface area contributed by atoms with Crippen LogP contribution in [0, 0.1) is 5.92 Å². The van der Waals surface area contributed by atoms with Gasteiger partial charge in [-0.15, -0.1) is 0 Å². The summed E-state index contributed by atoms with van der Waals surface area (Å²) in [5, 5.41) is 3.47. The van der Waals surface area contributed by atoms with Crippen LogP contribution in [0.5, 0.6) is 0 Å². The van der Waals surface area contributed by atoms with Gasteiger partial charge < -0.3 is 5.32 Å². The van der Waals surface area contributed by atoms with E-state index in [1.54, 1.807) is 0 Å². The van der Waals surface area contributed by atoms with Crippen LogP contribution in [-0.2, 0) is 0 Å². The van der Waals surface area contributed by atoms with Gasteiger partial charge in [0, 0.05) is 10.0 Å². The summed E-state index contributed by atoms with van der Waals surface area (Å²) in [5.74, 6) is 0.813. The van der Waals surface area contributed by atoms with Gasteiger partial charge in [0.1, 0.15) is 16.4 Å². The van der Waals surface area contributed by atoms with Crippen LogP contribution in [0.3, 0.4) is 0 Å². The molecule has 1 saturated carbocycles. The molecule has 100 valence electrons. The second kappa shape index (κ2) is 4.98. The molecule has 1 fully saturated rings. The largest absolute Gasteiger partial charge is 0.351 e. The van der Waals surface area contributed by atoms with Gasteiger partial charge in [0.15, 0.2) is 0 Å². The van der Waals surface area contributed by atoms with Gasteiger partial charge in [-0.05, 0) is 43.7 Å². The lowest BCUT2D eigenvalue weighted by molar-refractivity contribution is 0.237. The quantitative estimate of drug-likeness (QED) is 0.781. The highest BCUT2D eigenvalue weighted by atomic mass is 79.9. The second-order valence-electron chi connectivity index (χ2n) is 5.64. The minimum atomic E-state index is -0.119. The van der Waals surface area contributed by atoms with Crippen molar-refractivity contribution in [3.8, 4) is 0 Å². The van der Waals surface area contributed by atoms with Crippen molar-refractivity contribution in [2.24, 2.45) is 10.9 Å². The van der Waals surface area contributed by atoms with Crippen molar-refractivity contribution in [3.63, 3.8) is 0 Å².